The summed E-state index contributed by atoms with van der Waals surface area (Å²) in [5.74, 6) is -2.20. The Morgan fingerprint density at radius 2 is 2.00 bits per heavy atom. The van der Waals surface area contributed by atoms with Crippen LogP contribution >= 0.6 is 0 Å². The molecule has 6 nitrogen and oxygen atoms in total. The van der Waals surface area contributed by atoms with Crippen molar-refractivity contribution in [3.63, 3.8) is 0 Å². The number of aromatic nitrogens is 2. The topological polar surface area (TPSA) is 90.0 Å². The van der Waals surface area contributed by atoms with E-state index in [0.717, 1.165) is 11.8 Å². The zero-order chi connectivity index (χ0) is 15.8. The number of rotatable bonds is 4. The summed E-state index contributed by atoms with van der Waals surface area (Å²) in [7, 11) is -2.43. The number of nitrogens with two attached hydrogens (primary N) is 1. The van der Waals surface area contributed by atoms with E-state index in [1.807, 2.05) is 0 Å². The number of aryl methyl sites for hydroxylation is 1. The molecule has 0 aliphatic carbocycles. The molecule has 3 N–H and O–H groups in total. The third-order valence-electron chi connectivity index (χ3n) is 3.13. The van der Waals surface area contributed by atoms with E-state index in [2.05, 4.69) is 9.82 Å². The SMILES string of the molecule is Cc1c(CNS(=O)(=O)c2cc(N)c(F)cc2F)cnn1C. The molecule has 1 aromatic heterocycles. The van der Waals surface area contributed by atoms with Gasteiger partial charge in [0.2, 0.25) is 10.0 Å². The summed E-state index contributed by atoms with van der Waals surface area (Å²) in [6, 6.07) is 1.20. The van der Waals surface area contributed by atoms with E-state index in [1.54, 1.807) is 18.7 Å². The standard InChI is InChI=1S/C12H14F2N4O2S/c1-7-8(5-16-18(7)2)6-17-21(19,20)12-4-11(15)9(13)3-10(12)14/h3-5,17H,6,15H2,1-2H3. The first-order chi connectivity index (χ1) is 9.72. The zero-order valence-corrected chi connectivity index (χ0v) is 12.2. The molecule has 0 aliphatic rings. The van der Waals surface area contributed by atoms with Gasteiger partial charge in [-0.3, -0.25) is 4.68 Å². The van der Waals surface area contributed by atoms with Gasteiger partial charge in [0.1, 0.15) is 16.5 Å². The highest BCUT2D eigenvalue weighted by atomic mass is 32.2. The van der Waals surface area contributed by atoms with Gasteiger partial charge in [-0.1, -0.05) is 0 Å². The van der Waals surface area contributed by atoms with Gasteiger partial charge < -0.3 is 5.73 Å². The van der Waals surface area contributed by atoms with E-state index in [9.17, 15) is 17.2 Å². The maximum absolute atomic E-state index is 13.6. The monoisotopic (exact) mass is 316 g/mol. The minimum absolute atomic E-state index is 0.0568. The fraction of sp³-hybridized carbons (Fsp3) is 0.250. The Kier molecular flexibility index (Phi) is 3.97. The van der Waals surface area contributed by atoms with Crippen LogP contribution in [-0.2, 0) is 23.6 Å². The van der Waals surface area contributed by atoms with Crippen LogP contribution in [0.4, 0.5) is 14.5 Å². The number of nitrogens with one attached hydrogen (secondary N) is 1. The number of anilines is 1. The lowest BCUT2D eigenvalue weighted by molar-refractivity contribution is 0.544. The molecule has 2 rings (SSSR count). The molecule has 0 spiro atoms. The van der Waals surface area contributed by atoms with E-state index in [4.69, 9.17) is 5.73 Å². The number of halogens is 2. The van der Waals surface area contributed by atoms with E-state index in [0.29, 0.717) is 11.6 Å². The highest BCUT2D eigenvalue weighted by Gasteiger charge is 2.21. The van der Waals surface area contributed by atoms with Crippen molar-refractivity contribution in [3.8, 4) is 0 Å². The number of nitrogen functional groups attached to an aromatic ring is 1. The van der Waals surface area contributed by atoms with E-state index < -0.39 is 32.2 Å². The number of hydrogen-bond acceptors (Lipinski definition) is 4. The second-order valence-corrected chi connectivity index (χ2v) is 6.24. The molecular weight excluding hydrogens is 302 g/mol. The molecule has 0 saturated heterocycles. The second kappa shape index (κ2) is 5.41. The second-order valence-electron chi connectivity index (χ2n) is 4.51. The van der Waals surface area contributed by atoms with Crippen LogP contribution in [0.25, 0.3) is 0 Å². The fourth-order valence-corrected chi connectivity index (χ4v) is 2.82. The largest absolute Gasteiger partial charge is 0.396 e. The lowest BCUT2D eigenvalue weighted by Gasteiger charge is -2.09. The molecule has 9 heteroatoms. The van der Waals surface area contributed by atoms with Crippen molar-refractivity contribution in [2.75, 3.05) is 5.73 Å². The van der Waals surface area contributed by atoms with Crippen LogP contribution in [0.3, 0.4) is 0 Å². The van der Waals surface area contributed by atoms with Crippen LogP contribution < -0.4 is 10.5 Å². The molecule has 0 amide bonds. The molecule has 0 aliphatic heterocycles. The van der Waals surface area contributed by atoms with Crippen LogP contribution in [0.15, 0.2) is 23.2 Å². The van der Waals surface area contributed by atoms with Crippen molar-refractivity contribution in [1.29, 1.82) is 0 Å². The first-order valence-electron chi connectivity index (χ1n) is 5.94. The predicted molar refractivity (Wildman–Crippen MR) is 72.7 cm³/mol. The van der Waals surface area contributed by atoms with Gasteiger partial charge in [0.05, 0.1) is 11.9 Å². The smallest absolute Gasteiger partial charge is 0.243 e. The number of sulfonamides is 1. The van der Waals surface area contributed by atoms with Crippen molar-refractivity contribution in [3.05, 3.63) is 41.2 Å². The molecule has 21 heavy (non-hydrogen) atoms. The number of hydrogen-bond donors (Lipinski definition) is 2. The van der Waals surface area contributed by atoms with Gasteiger partial charge >= 0.3 is 0 Å². The zero-order valence-electron chi connectivity index (χ0n) is 11.4. The fourth-order valence-electron chi connectivity index (χ4n) is 1.72. The van der Waals surface area contributed by atoms with Crippen LogP contribution in [0.1, 0.15) is 11.3 Å². The quantitative estimate of drug-likeness (QED) is 0.826. The number of benzene rings is 1. The molecule has 114 valence electrons. The summed E-state index contributed by atoms with van der Waals surface area (Å²) >= 11 is 0. The highest BCUT2D eigenvalue weighted by Crippen LogP contribution is 2.21. The Morgan fingerprint density at radius 3 is 2.57 bits per heavy atom. The van der Waals surface area contributed by atoms with E-state index >= 15 is 0 Å². The van der Waals surface area contributed by atoms with Gasteiger partial charge in [-0.25, -0.2) is 21.9 Å². The van der Waals surface area contributed by atoms with E-state index in [1.165, 1.54) is 6.20 Å². The average molecular weight is 316 g/mol. The first-order valence-corrected chi connectivity index (χ1v) is 7.42. The molecule has 1 aromatic carbocycles. The van der Waals surface area contributed by atoms with Crippen molar-refractivity contribution in [2.24, 2.45) is 7.05 Å². The molecule has 2 aromatic rings. The van der Waals surface area contributed by atoms with Crippen molar-refractivity contribution in [1.82, 2.24) is 14.5 Å². The van der Waals surface area contributed by atoms with Crippen LogP contribution in [-0.4, -0.2) is 18.2 Å². The van der Waals surface area contributed by atoms with Crippen LogP contribution in [0.2, 0.25) is 0 Å². The molecule has 0 radical (unpaired) electrons. The van der Waals surface area contributed by atoms with Gasteiger partial charge in [-0.05, 0) is 13.0 Å². The lowest BCUT2D eigenvalue weighted by atomic mass is 10.3. The summed E-state index contributed by atoms with van der Waals surface area (Å²) in [5, 5.41) is 3.97. The maximum Gasteiger partial charge on any atom is 0.243 e. The molecule has 0 bridgehead atoms. The molecule has 0 fully saturated rings. The highest BCUT2D eigenvalue weighted by molar-refractivity contribution is 7.89. The molecule has 0 unspecified atom stereocenters. The molecule has 0 atom stereocenters. The summed E-state index contributed by atoms with van der Waals surface area (Å²) < 4.78 is 54.6. The maximum atomic E-state index is 13.6. The summed E-state index contributed by atoms with van der Waals surface area (Å²) in [6.07, 6.45) is 1.51. The van der Waals surface area contributed by atoms with Gasteiger partial charge in [-0.15, -0.1) is 0 Å². The minimum atomic E-state index is -4.14. The molecule has 1 heterocycles. The van der Waals surface area contributed by atoms with Crippen LogP contribution in [0, 0.1) is 18.6 Å². The Labute approximate surface area is 120 Å². The normalized spacial score (nSPS) is 11.8. The Bertz CT molecular complexity index is 787. The molecular formula is C12H14F2N4O2S. The van der Waals surface area contributed by atoms with Gasteiger partial charge in [0, 0.05) is 30.9 Å². The molecule has 0 saturated carbocycles. The van der Waals surface area contributed by atoms with Crippen molar-refractivity contribution >= 4 is 15.7 Å². The Morgan fingerprint density at radius 1 is 1.33 bits per heavy atom. The lowest BCUT2D eigenvalue weighted by Crippen LogP contribution is -2.24. The minimum Gasteiger partial charge on any atom is -0.396 e. The van der Waals surface area contributed by atoms with Crippen molar-refractivity contribution in [2.45, 2.75) is 18.4 Å². The van der Waals surface area contributed by atoms with Gasteiger partial charge in [0.25, 0.3) is 0 Å². The van der Waals surface area contributed by atoms with Gasteiger partial charge in [-0.2, -0.15) is 5.10 Å². The van der Waals surface area contributed by atoms with E-state index in [-0.39, 0.29) is 6.54 Å². The predicted octanol–water partition coefficient (Wildman–Crippen LogP) is 1.07. The summed E-state index contributed by atoms with van der Waals surface area (Å²) in [4.78, 5) is -0.692. The van der Waals surface area contributed by atoms with Crippen molar-refractivity contribution < 1.29 is 17.2 Å². The average Bonchev–Trinajstić information content (AvgIpc) is 2.72. The first kappa shape index (κ1) is 15.4. The summed E-state index contributed by atoms with van der Waals surface area (Å²) in [5.41, 5.74) is 6.26. The van der Waals surface area contributed by atoms with Crippen LogP contribution in [0.5, 0.6) is 0 Å². The van der Waals surface area contributed by atoms with Gasteiger partial charge in [0.15, 0.2) is 0 Å². The third kappa shape index (κ3) is 3.03. The Balaban J connectivity index is 2.27. The Hall–Kier alpha value is -2.00. The number of nitrogens with zero attached hydrogens (tertiary/aromatic N) is 2. The summed E-state index contributed by atoms with van der Waals surface area (Å²) in [6.45, 7) is 1.71. The third-order valence-corrected chi connectivity index (χ3v) is 4.55.